The fourth-order valence-corrected chi connectivity index (χ4v) is 2.82. The van der Waals surface area contributed by atoms with E-state index in [1.165, 1.54) is 18.4 Å². The molecule has 0 aromatic carbocycles. The fourth-order valence-electron chi connectivity index (χ4n) is 2.82. The van der Waals surface area contributed by atoms with Gasteiger partial charge in [0.1, 0.15) is 12.0 Å². The molecule has 1 aliphatic rings. The smallest absolute Gasteiger partial charge is 0.141 e. The lowest BCUT2D eigenvalue weighted by Gasteiger charge is -2.26. The van der Waals surface area contributed by atoms with Crippen LogP contribution in [0.3, 0.4) is 0 Å². The van der Waals surface area contributed by atoms with E-state index in [1.807, 2.05) is 12.3 Å². The fraction of sp³-hybridized carbons (Fsp3) is 0.467. The average Bonchev–Trinajstić information content (AvgIpc) is 3.12. The molecule has 2 aromatic rings. The van der Waals surface area contributed by atoms with Crippen LogP contribution in [0.2, 0.25) is 0 Å². The Morgan fingerprint density at radius 3 is 3.05 bits per heavy atom. The molecule has 106 valence electrons. The highest BCUT2D eigenvalue weighted by molar-refractivity contribution is 5.88. The molecule has 3 heterocycles. The van der Waals surface area contributed by atoms with E-state index in [1.54, 1.807) is 6.33 Å². The van der Waals surface area contributed by atoms with Gasteiger partial charge in [-0.3, -0.25) is 0 Å². The molecule has 5 nitrogen and oxygen atoms in total. The van der Waals surface area contributed by atoms with E-state index in [4.69, 9.17) is 0 Å². The molecular formula is C15H21N5. The quantitative estimate of drug-likeness (QED) is 0.878. The van der Waals surface area contributed by atoms with E-state index < -0.39 is 0 Å². The van der Waals surface area contributed by atoms with Crippen molar-refractivity contribution in [3.63, 3.8) is 0 Å². The van der Waals surface area contributed by atoms with Crippen molar-refractivity contribution < 1.29 is 0 Å². The molecule has 0 spiro atoms. The van der Waals surface area contributed by atoms with Crippen LogP contribution in [0.15, 0.2) is 24.8 Å². The largest absolute Gasteiger partial charge is 0.346 e. The molecule has 3 rings (SSSR count). The van der Waals surface area contributed by atoms with Gasteiger partial charge in [0.05, 0.1) is 5.69 Å². The summed E-state index contributed by atoms with van der Waals surface area (Å²) in [5.41, 5.74) is 6.62. The Morgan fingerprint density at radius 1 is 1.35 bits per heavy atom. The van der Waals surface area contributed by atoms with E-state index in [0.717, 1.165) is 29.7 Å². The molecule has 1 atom stereocenters. The minimum absolute atomic E-state index is 0.557. The predicted molar refractivity (Wildman–Crippen MR) is 80.7 cm³/mol. The van der Waals surface area contributed by atoms with Crippen LogP contribution in [0.4, 0.5) is 0 Å². The summed E-state index contributed by atoms with van der Waals surface area (Å²) < 4.78 is 0. The minimum Gasteiger partial charge on any atom is -0.346 e. The molecule has 1 aliphatic heterocycles. The van der Waals surface area contributed by atoms with Crippen LogP contribution < -0.4 is 5.43 Å². The third kappa shape index (κ3) is 2.29. The van der Waals surface area contributed by atoms with E-state index in [9.17, 15) is 0 Å². The number of hydrogen-bond acceptors (Lipinski definition) is 4. The molecule has 0 radical (unpaired) electrons. The van der Waals surface area contributed by atoms with Crippen molar-refractivity contribution in [2.75, 3.05) is 6.54 Å². The third-order valence-electron chi connectivity index (χ3n) is 3.89. The second kappa shape index (κ2) is 5.63. The molecule has 0 saturated carbocycles. The predicted octanol–water partition coefficient (Wildman–Crippen LogP) is 2.70. The van der Waals surface area contributed by atoms with Gasteiger partial charge in [-0.15, -0.1) is 0 Å². The Labute approximate surface area is 119 Å². The summed E-state index contributed by atoms with van der Waals surface area (Å²) >= 11 is 0. The molecule has 2 aromatic heterocycles. The Morgan fingerprint density at radius 2 is 2.25 bits per heavy atom. The molecule has 0 aliphatic carbocycles. The van der Waals surface area contributed by atoms with Crippen LogP contribution >= 0.6 is 0 Å². The number of aromatic amines is 1. The summed E-state index contributed by atoms with van der Waals surface area (Å²) in [6, 6.07) is 2.60. The molecule has 1 unspecified atom stereocenters. The molecule has 0 fully saturated rings. The van der Waals surface area contributed by atoms with Crippen LogP contribution in [0.25, 0.3) is 16.6 Å². The van der Waals surface area contributed by atoms with Crippen molar-refractivity contribution >= 4 is 16.6 Å². The highest BCUT2D eigenvalue weighted by atomic mass is 15.5. The number of nitrogens with zero attached hydrogens (tertiary/aromatic N) is 3. The van der Waals surface area contributed by atoms with Crippen molar-refractivity contribution in [2.45, 2.75) is 39.2 Å². The first kappa shape index (κ1) is 13.1. The third-order valence-corrected chi connectivity index (χ3v) is 3.89. The standard InChI is InChI=1S/C15H21N5/c1-3-5-12(4-2)20-9-11(8-19-20)14-13-6-7-16-15(13)18-10-17-14/h6-7,9-10,12,19H,3-5,8H2,1-2H3,(H,16,17,18). The number of rotatable bonds is 5. The van der Waals surface area contributed by atoms with Crippen LogP contribution in [0.5, 0.6) is 0 Å². The van der Waals surface area contributed by atoms with E-state index >= 15 is 0 Å². The van der Waals surface area contributed by atoms with Gasteiger partial charge in [-0.1, -0.05) is 20.3 Å². The average molecular weight is 271 g/mol. The van der Waals surface area contributed by atoms with Gasteiger partial charge in [0.25, 0.3) is 0 Å². The molecule has 0 amide bonds. The van der Waals surface area contributed by atoms with Crippen molar-refractivity contribution in [3.05, 3.63) is 30.5 Å². The number of H-pyrrole nitrogens is 1. The Bertz CT molecular complexity index is 616. The maximum absolute atomic E-state index is 4.46. The monoisotopic (exact) mass is 271 g/mol. The van der Waals surface area contributed by atoms with Crippen molar-refractivity contribution in [2.24, 2.45) is 0 Å². The normalized spacial score (nSPS) is 16.7. The number of hydrazine groups is 1. The first-order valence-electron chi connectivity index (χ1n) is 7.34. The highest BCUT2D eigenvalue weighted by Crippen LogP contribution is 2.25. The highest BCUT2D eigenvalue weighted by Gasteiger charge is 2.21. The van der Waals surface area contributed by atoms with Gasteiger partial charge in [-0.05, 0) is 18.9 Å². The maximum atomic E-state index is 4.46. The van der Waals surface area contributed by atoms with Crippen LogP contribution in [-0.4, -0.2) is 32.5 Å². The molecule has 20 heavy (non-hydrogen) atoms. The van der Waals surface area contributed by atoms with Crippen LogP contribution in [0, 0.1) is 0 Å². The lowest BCUT2D eigenvalue weighted by Crippen LogP contribution is -2.38. The van der Waals surface area contributed by atoms with Gasteiger partial charge in [0.15, 0.2) is 0 Å². The Balaban J connectivity index is 1.89. The van der Waals surface area contributed by atoms with E-state index in [-0.39, 0.29) is 0 Å². The SMILES string of the molecule is CCCC(CC)N1C=C(c2ncnc3[nH]ccc23)CN1. The summed E-state index contributed by atoms with van der Waals surface area (Å²) in [6.45, 7) is 5.30. The maximum Gasteiger partial charge on any atom is 0.141 e. The first-order valence-corrected chi connectivity index (χ1v) is 7.34. The van der Waals surface area contributed by atoms with Crippen LogP contribution in [-0.2, 0) is 0 Å². The molecular weight excluding hydrogens is 250 g/mol. The van der Waals surface area contributed by atoms with Crippen molar-refractivity contribution in [1.82, 2.24) is 25.4 Å². The zero-order valence-electron chi connectivity index (χ0n) is 12.1. The summed E-state index contributed by atoms with van der Waals surface area (Å²) in [5, 5.41) is 3.34. The number of hydrogen-bond donors (Lipinski definition) is 2. The van der Waals surface area contributed by atoms with Gasteiger partial charge in [0.2, 0.25) is 0 Å². The summed E-state index contributed by atoms with van der Waals surface area (Å²) in [6.07, 6.45) is 9.30. The van der Waals surface area contributed by atoms with Gasteiger partial charge < -0.3 is 9.99 Å². The van der Waals surface area contributed by atoms with Gasteiger partial charge in [-0.2, -0.15) is 0 Å². The summed E-state index contributed by atoms with van der Waals surface area (Å²) in [5.74, 6) is 0. The molecule has 0 bridgehead atoms. The van der Waals surface area contributed by atoms with E-state index in [2.05, 4.69) is 45.4 Å². The molecule has 2 N–H and O–H groups in total. The summed E-state index contributed by atoms with van der Waals surface area (Å²) in [7, 11) is 0. The molecule has 0 saturated heterocycles. The van der Waals surface area contributed by atoms with E-state index in [0.29, 0.717) is 6.04 Å². The van der Waals surface area contributed by atoms with Crippen molar-refractivity contribution in [1.29, 1.82) is 0 Å². The van der Waals surface area contributed by atoms with Gasteiger partial charge in [0, 0.05) is 35.9 Å². The lowest BCUT2D eigenvalue weighted by molar-refractivity contribution is 0.203. The topological polar surface area (TPSA) is 56.8 Å². The molecule has 5 heteroatoms. The zero-order chi connectivity index (χ0) is 13.9. The van der Waals surface area contributed by atoms with Crippen LogP contribution in [0.1, 0.15) is 38.8 Å². The second-order valence-corrected chi connectivity index (χ2v) is 5.21. The Hall–Kier alpha value is -1.88. The zero-order valence-corrected chi connectivity index (χ0v) is 12.1. The Kier molecular flexibility index (Phi) is 3.69. The summed E-state index contributed by atoms with van der Waals surface area (Å²) in [4.78, 5) is 11.8. The second-order valence-electron chi connectivity index (χ2n) is 5.21. The van der Waals surface area contributed by atoms with Crippen molar-refractivity contribution in [3.8, 4) is 0 Å². The number of nitrogens with one attached hydrogen (secondary N) is 2. The number of fused-ring (bicyclic) bond motifs is 1. The first-order chi connectivity index (χ1) is 9.83. The minimum atomic E-state index is 0.557. The number of aromatic nitrogens is 3. The lowest BCUT2D eigenvalue weighted by atomic mass is 10.1. The van der Waals surface area contributed by atoms with Gasteiger partial charge >= 0.3 is 0 Å². The van der Waals surface area contributed by atoms with Gasteiger partial charge in [-0.25, -0.2) is 15.4 Å².